The summed E-state index contributed by atoms with van der Waals surface area (Å²) in [6.07, 6.45) is 9.35. The Labute approximate surface area is 124 Å². The molecular formula is C18H30N2. The van der Waals surface area contributed by atoms with E-state index in [0.29, 0.717) is 0 Å². The number of hydrogen-bond acceptors (Lipinski definition) is 2. The van der Waals surface area contributed by atoms with Crippen molar-refractivity contribution in [2.45, 2.75) is 51.9 Å². The van der Waals surface area contributed by atoms with Crippen molar-refractivity contribution in [3.8, 4) is 0 Å². The Bertz CT molecular complexity index is 375. The number of unbranched alkanes of at least 4 members (excludes halogenated alkanes) is 4. The van der Waals surface area contributed by atoms with Crippen LogP contribution in [-0.4, -0.2) is 26.2 Å². The molecule has 0 radical (unpaired) electrons. The molecule has 1 heterocycles. The fourth-order valence-corrected chi connectivity index (χ4v) is 3.01. The maximum absolute atomic E-state index is 3.58. The van der Waals surface area contributed by atoms with Crippen molar-refractivity contribution in [2.75, 3.05) is 31.1 Å². The number of fused-ring (bicyclic) bond motifs is 1. The second kappa shape index (κ2) is 9.02. The van der Waals surface area contributed by atoms with Gasteiger partial charge in [-0.05, 0) is 44.0 Å². The predicted octanol–water partition coefficient (Wildman–Crippen LogP) is 4.00. The second-order valence-corrected chi connectivity index (χ2v) is 5.88. The molecule has 2 heteroatoms. The molecule has 0 unspecified atom stereocenters. The van der Waals surface area contributed by atoms with Gasteiger partial charge < -0.3 is 10.2 Å². The largest absolute Gasteiger partial charge is 0.371 e. The minimum atomic E-state index is 1.16. The molecule has 0 bridgehead atoms. The van der Waals surface area contributed by atoms with Crippen molar-refractivity contribution in [3.63, 3.8) is 0 Å². The maximum Gasteiger partial charge on any atom is 0.0399 e. The second-order valence-electron chi connectivity index (χ2n) is 5.88. The SMILES string of the molecule is CCCCCCCNCCCN1CCc2ccccc21. The average Bonchev–Trinajstić information content (AvgIpc) is 2.89. The van der Waals surface area contributed by atoms with E-state index in [-0.39, 0.29) is 0 Å². The summed E-state index contributed by atoms with van der Waals surface area (Å²) < 4.78 is 0. The smallest absolute Gasteiger partial charge is 0.0399 e. The van der Waals surface area contributed by atoms with E-state index in [1.165, 1.54) is 75.8 Å². The summed E-state index contributed by atoms with van der Waals surface area (Å²) in [5, 5.41) is 3.58. The monoisotopic (exact) mass is 274 g/mol. The van der Waals surface area contributed by atoms with E-state index in [0.717, 1.165) is 6.54 Å². The predicted molar refractivity (Wildman–Crippen MR) is 88.6 cm³/mol. The summed E-state index contributed by atoms with van der Waals surface area (Å²) in [5.41, 5.74) is 2.99. The molecule has 112 valence electrons. The fourth-order valence-electron chi connectivity index (χ4n) is 3.01. The number of hydrogen-bond donors (Lipinski definition) is 1. The molecule has 0 aromatic heterocycles. The van der Waals surface area contributed by atoms with Gasteiger partial charge in [0, 0.05) is 18.8 Å². The van der Waals surface area contributed by atoms with E-state index in [1.807, 2.05) is 0 Å². The molecule has 20 heavy (non-hydrogen) atoms. The molecule has 0 amide bonds. The first kappa shape index (κ1) is 15.4. The number of para-hydroxylation sites is 1. The molecule has 2 rings (SSSR count). The van der Waals surface area contributed by atoms with Crippen molar-refractivity contribution in [1.82, 2.24) is 5.32 Å². The van der Waals surface area contributed by atoms with E-state index >= 15 is 0 Å². The molecule has 0 spiro atoms. The first-order valence-electron chi connectivity index (χ1n) is 8.45. The summed E-state index contributed by atoms with van der Waals surface area (Å²) in [5.74, 6) is 0. The highest BCUT2D eigenvalue weighted by Gasteiger charge is 2.16. The third kappa shape index (κ3) is 4.82. The number of nitrogens with one attached hydrogen (secondary N) is 1. The normalized spacial score (nSPS) is 13.8. The van der Waals surface area contributed by atoms with Gasteiger partial charge in [-0.3, -0.25) is 0 Å². The van der Waals surface area contributed by atoms with Crippen LogP contribution in [0.3, 0.4) is 0 Å². The van der Waals surface area contributed by atoms with Crippen molar-refractivity contribution < 1.29 is 0 Å². The number of rotatable bonds is 10. The Balaban J connectivity index is 1.50. The lowest BCUT2D eigenvalue weighted by Crippen LogP contribution is -2.26. The number of benzene rings is 1. The van der Waals surface area contributed by atoms with Crippen molar-refractivity contribution in [3.05, 3.63) is 29.8 Å². The molecule has 0 saturated carbocycles. The molecule has 1 aliphatic rings. The third-order valence-corrected chi connectivity index (χ3v) is 4.22. The zero-order valence-corrected chi connectivity index (χ0v) is 13.0. The van der Waals surface area contributed by atoms with Crippen LogP contribution >= 0.6 is 0 Å². The van der Waals surface area contributed by atoms with Crippen LogP contribution in [0.25, 0.3) is 0 Å². The summed E-state index contributed by atoms with van der Waals surface area (Å²) in [6.45, 7) is 7.03. The Morgan fingerprint density at radius 2 is 1.80 bits per heavy atom. The van der Waals surface area contributed by atoms with Gasteiger partial charge in [0.25, 0.3) is 0 Å². The Kier molecular flexibility index (Phi) is 6.93. The van der Waals surface area contributed by atoms with Crippen LogP contribution in [0.5, 0.6) is 0 Å². The maximum atomic E-state index is 3.58. The van der Waals surface area contributed by atoms with Crippen molar-refractivity contribution in [2.24, 2.45) is 0 Å². The summed E-state index contributed by atoms with van der Waals surface area (Å²) in [4.78, 5) is 2.54. The van der Waals surface area contributed by atoms with Gasteiger partial charge in [0.1, 0.15) is 0 Å². The Morgan fingerprint density at radius 1 is 1.00 bits per heavy atom. The van der Waals surface area contributed by atoms with Crippen LogP contribution in [-0.2, 0) is 6.42 Å². The van der Waals surface area contributed by atoms with E-state index in [9.17, 15) is 0 Å². The first-order valence-corrected chi connectivity index (χ1v) is 8.45. The lowest BCUT2D eigenvalue weighted by atomic mass is 10.1. The van der Waals surface area contributed by atoms with Crippen LogP contribution in [0.4, 0.5) is 5.69 Å². The molecule has 1 aliphatic heterocycles. The quantitative estimate of drug-likeness (QED) is 0.649. The lowest BCUT2D eigenvalue weighted by Gasteiger charge is -2.19. The summed E-state index contributed by atoms with van der Waals surface area (Å²) in [7, 11) is 0. The average molecular weight is 274 g/mol. The molecule has 0 atom stereocenters. The Hall–Kier alpha value is -1.02. The van der Waals surface area contributed by atoms with Crippen LogP contribution < -0.4 is 10.2 Å². The van der Waals surface area contributed by atoms with Gasteiger partial charge in [0.05, 0.1) is 0 Å². The van der Waals surface area contributed by atoms with Gasteiger partial charge in [-0.1, -0.05) is 50.8 Å². The highest BCUT2D eigenvalue weighted by Crippen LogP contribution is 2.27. The van der Waals surface area contributed by atoms with Gasteiger partial charge in [0.2, 0.25) is 0 Å². The molecule has 1 aromatic rings. The minimum Gasteiger partial charge on any atom is -0.371 e. The van der Waals surface area contributed by atoms with Crippen LogP contribution in [0.2, 0.25) is 0 Å². The van der Waals surface area contributed by atoms with E-state index in [4.69, 9.17) is 0 Å². The molecule has 0 aliphatic carbocycles. The highest BCUT2D eigenvalue weighted by atomic mass is 15.1. The van der Waals surface area contributed by atoms with E-state index in [2.05, 4.69) is 41.4 Å². The summed E-state index contributed by atoms with van der Waals surface area (Å²) >= 11 is 0. The lowest BCUT2D eigenvalue weighted by molar-refractivity contribution is 0.572. The van der Waals surface area contributed by atoms with Gasteiger partial charge in [-0.25, -0.2) is 0 Å². The summed E-state index contributed by atoms with van der Waals surface area (Å²) in [6, 6.07) is 8.85. The van der Waals surface area contributed by atoms with Gasteiger partial charge in [0.15, 0.2) is 0 Å². The zero-order valence-electron chi connectivity index (χ0n) is 13.0. The molecule has 0 fully saturated rings. The molecular weight excluding hydrogens is 244 g/mol. The standard InChI is InChI=1S/C18H30N2/c1-2-3-4-5-8-13-19-14-9-15-20-16-12-17-10-6-7-11-18(17)20/h6-7,10-11,19H,2-5,8-9,12-16H2,1H3. The topological polar surface area (TPSA) is 15.3 Å². The van der Waals surface area contributed by atoms with Crippen LogP contribution in [0, 0.1) is 0 Å². The van der Waals surface area contributed by atoms with E-state index < -0.39 is 0 Å². The van der Waals surface area contributed by atoms with Crippen molar-refractivity contribution in [1.29, 1.82) is 0 Å². The third-order valence-electron chi connectivity index (χ3n) is 4.22. The molecule has 1 N–H and O–H groups in total. The number of anilines is 1. The van der Waals surface area contributed by atoms with Gasteiger partial charge in [-0.15, -0.1) is 0 Å². The molecule has 0 saturated heterocycles. The van der Waals surface area contributed by atoms with Gasteiger partial charge in [-0.2, -0.15) is 0 Å². The Morgan fingerprint density at radius 3 is 2.70 bits per heavy atom. The van der Waals surface area contributed by atoms with Gasteiger partial charge >= 0.3 is 0 Å². The first-order chi connectivity index (χ1) is 9.92. The van der Waals surface area contributed by atoms with E-state index in [1.54, 1.807) is 0 Å². The zero-order chi connectivity index (χ0) is 14.0. The van der Waals surface area contributed by atoms with Crippen LogP contribution in [0.1, 0.15) is 51.0 Å². The number of nitrogens with zero attached hydrogens (tertiary/aromatic N) is 1. The highest BCUT2D eigenvalue weighted by molar-refractivity contribution is 5.57. The molecule has 1 aromatic carbocycles. The molecule has 2 nitrogen and oxygen atoms in total. The van der Waals surface area contributed by atoms with Crippen LogP contribution in [0.15, 0.2) is 24.3 Å². The minimum absolute atomic E-state index is 1.16. The fraction of sp³-hybridized carbons (Fsp3) is 0.667. The van der Waals surface area contributed by atoms with Crippen molar-refractivity contribution >= 4 is 5.69 Å².